The molecule has 2 unspecified atom stereocenters. The number of aromatic nitrogens is 2. The molecule has 4 heteroatoms. The number of nitrogens with one attached hydrogen (secondary N) is 1. The molecule has 0 saturated carbocycles. The highest BCUT2D eigenvalue weighted by molar-refractivity contribution is 5.00. The van der Waals surface area contributed by atoms with Gasteiger partial charge in [-0.1, -0.05) is 20.3 Å². The van der Waals surface area contributed by atoms with Crippen molar-refractivity contribution in [3.05, 3.63) is 18.0 Å². The van der Waals surface area contributed by atoms with Crippen LogP contribution in [0.15, 0.2) is 12.3 Å². The van der Waals surface area contributed by atoms with Gasteiger partial charge in [0.25, 0.3) is 0 Å². The van der Waals surface area contributed by atoms with Crippen LogP contribution < -0.4 is 5.32 Å². The van der Waals surface area contributed by atoms with E-state index in [1.807, 2.05) is 17.9 Å². The summed E-state index contributed by atoms with van der Waals surface area (Å²) in [5, 5.41) is 7.87. The first-order valence-electron chi connectivity index (χ1n) is 7.13. The topological polar surface area (TPSA) is 33.1 Å². The van der Waals surface area contributed by atoms with Gasteiger partial charge < -0.3 is 10.2 Å². The zero-order chi connectivity index (χ0) is 13.0. The summed E-state index contributed by atoms with van der Waals surface area (Å²) in [6.45, 7) is 9.26. The minimum atomic E-state index is 0.662. The van der Waals surface area contributed by atoms with Crippen LogP contribution in [-0.4, -0.2) is 46.9 Å². The Balaban J connectivity index is 1.81. The third-order valence-corrected chi connectivity index (χ3v) is 4.23. The summed E-state index contributed by atoms with van der Waals surface area (Å²) in [4.78, 5) is 2.58. The van der Waals surface area contributed by atoms with Crippen LogP contribution >= 0.6 is 0 Å². The van der Waals surface area contributed by atoms with E-state index in [4.69, 9.17) is 0 Å². The quantitative estimate of drug-likeness (QED) is 0.854. The molecule has 0 amide bonds. The van der Waals surface area contributed by atoms with Crippen molar-refractivity contribution < 1.29 is 0 Å². The van der Waals surface area contributed by atoms with Gasteiger partial charge >= 0.3 is 0 Å². The molecule has 1 aromatic rings. The Hall–Kier alpha value is -0.870. The molecular weight excluding hydrogens is 224 g/mol. The van der Waals surface area contributed by atoms with E-state index in [-0.39, 0.29) is 0 Å². The van der Waals surface area contributed by atoms with Crippen LogP contribution in [0.4, 0.5) is 0 Å². The third kappa shape index (κ3) is 3.33. The van der Waals surface area contributed by atoms with Crippen molar-refractivity contribution in [3.63, 3.8) is 0 Å². The zero-order valence-electron chi connectivity index (χ0n) is 11.9. The van der Waals surface area contributed by atoms with E-state index in [9.17, 15) is 0 Å². The maximum absolute atomic E-state index is 4.22. The average molecular weight is 250 g/mol. The predicted molar refractivity (Wildman–Crippen MR) is 74.6 cm³/mol. The van der Waals surface area contributed by atoms with Gasteiger partial charge in [-0.3, -0.25) is 4.68 Å². The molecule has 1 saturated heterocycles. The number of aryl methyl sites for hydroxylation is 1. The van der Waals surface area contributed by atoms with Crippen LogP contribution in [0.2, 0.25) is 0 Å². The number of nitrogens with zero attached hydrogens (tertiary/aromatic N) is 3. The molecule has 102 valence electrons. The molecule has 1 aromatic heterocycles. The minimum absolute atomic E-state index is 0.662. The molecule has 0 bridgehead atoms. The second-order valence-electron chi connectivity index (χ2n) is 5.44. The largest absolute Gasteiger partial charge is 0.311 e. The van der Waals surface area contributed by atoms with Crippen molar-refractivity contribution in [1.82, 2.24) is 20.0 Å². The van der Waals surface area contributed by atoms with E-state index in [1.165, 1.54) is 25.2 Å². The van der Waals surface area contributed by atoms with Gasteiger partial charge in [0.15, 0.2) is 0 Å². The van der Waals surface area contributed by atoms with Gasteiger partial charge in [-0.2, -0.15) is 5.10 Å². The molecule has 0 spiro atoms. The van der Waals surface area contributed by atoms with Gasteiger partial charge in [-0.25, -0.2) is 0 Å². The third-order valence-electron chi connectivity index (χ3n) is 4.23. The first kappa shape index (κ1) is 13.6. The summed E-state index contributed by atoms with van der Waals surface area (Å²) in [6.07, 6.45) is 4.24. The molecule has 1 fully saturated rings. The van der Waals surface area contributed by atoms with Gasteiger partial charge in [0, 0.05) is 57.6 Å². The standard InChI is InChI=1S/C14H26N4/c1-4-12(2)14-11-18(10-8-15-14)9-6-13-5-7-16-17(13)3/h5,7,12,14-15H,4,6,8-11H2,1-3H3. The van der Waals surface area contributed by atoms with Crippen molar-refractivity contribution in [2.45, 2.75) is 32.7 Å². The Bertz CT molecular complexity index is 360. The van der Waals surface area contributed by atoms with E-state index < -0.39 is 0 Å². The summed E-state index contributed by atoms with van der Waals surface area (Å²) in [7, 11) is 2.02. The zero-order valence-corrected chi connectivity index (χ0v) is 11.9. The fourth-order valence-electron chi connectivity index (χ4n) is 2.63. The number of hydrogen-bond acceptors (Lipinski definition) is 3. The van der Waals surface area contributed by atoms with Crippen molar-refractivity contribution in [1.29, 1.82) is 0 Å². The predicted octanol–water partition coefficient (Wildman–Crippen LogP) is 1.28. The molecule has 2 heterocycles. The molecule has 0 aromatic carbocycles. The summed E-state index contributed by atoms with van der Waals surface area (Å²) < 4.78 is 1.98. The van der Waals surface area contributed by atoms with Crippen molar-refractivity contribution in [2.24, 2.45) is 13.0 Å². The Kier molecular flexibility index (Phi) is 4.78. The first-order valence-corrected chi connectivity index (χ1v) is 7.13. The van der Waals surface area contributed by atoms with Gasteiger partial charge in [0.1, 0.15) is 0 Å². The maximum Gasteiger partial charge on any atom is 0.0492 e. The van der Waals surface area contributed by atoms with Gasteiger partial charge in [0.05, 0.1) is 0 Å². The maximum atomic E-state index is 4.22. The second kappa shape index (κ2) is 6.34. The van der Waals surface area contributed by atoms with Gasteiger partial charge in [-0.15, -0.1) is 0 Å². The number of piperazine rings is 1. The molecule has 1 aliphatic heterocycles. The van der Waals surface area contributed by atoms with Crippen LogP contribution in [-0.2, 0) is 13.5 Å². The van der Waals surface area contributed by atoms with E-state index in [2.05, 4.69) is 35.2 Å². The summed E-state index contributed by atoms with van der Waals surface area (Å²) in [5.74, 6) is 0.768. The van der Waals surface area contributed by atoms with Crippen LogP contribution in [0.25, 0.3) is 0 Å². The highest BCUT2D eigenvalue weighted by Gasteiger charge is 2.22. The SMILES string of the molecule is CCC(C)C1CN(CCc2ccnn2C)CCN1. The van der Waals surface area contributed by atoms with Crippen LogP contribution in [0, 0.1) is 5.92 Å². The molecular formula is C14H26N4. The van der Waals surface area contributed by atoms with Crippen LogP contribution in [0.3, 0.4) is 0 Å². The summed E-state index contributed by atoms with van der Waals surface area (Å²) in [6, 6.07) is 2.78. The van der Waals surface area contributed by atoms with Crippen LogP contribution in [0.1, 0.15) is 26.0 Å². The molecule has 2 rings (SSSR count). The van der Waals surface area contributed by atoms with Crippen molar-refractivity contribution >= 4 is 0 Å². The fraction of sp³-hybridized carbons (Fsp3) is 0.786. The first-order chi connectivity index (χ1) is 8.70. The lowest BCUT2D eigenvalue weighted by Crippen LogP contribution is -2.53. The highest BCUT2D eigenvalue weighted by Crippen LogP contribution is 2.12. The lowest BCUT2D eigenvalue weighted by molar-refractivity contribution is 0.169. The monoisotopic (exact) mass is 250 g/mol. The molecule has 2 atom stereocenters. The average Bonchev–Trinajstić information content (AvgIpc) is 2.81. The smallest absolute Gasteiger partial charge is 0.0492 e. The Labute approximate surface area is 110 Å². The molecule has 18 heavy (non-hydrogen) atoms. The van der Waals surface area contributed by atoms with E-state index in [0.29, 0.717) is 6.04 Å². The highest BCUT2D eigenvalue weighted by atomic mass is 15.3. The van der Waals surface area contributed by atoms with Crippen LogP contribution in [0.5, 0.6) is 0 Å². The van der Waals surface area contributed by atoms with Crippen molar-refractivity contribution in [2.75, 3.05) is 26.2 Å². The fourth-order valence-corrected chi connectivity index (χ4v) is 2.63. The Morgan fingerprint density at radius 2 is 2.39 bits per heavy atom. The molecule has 1 N–H and O–H groups in total. The van der Waals surface area contributed by atoms with Gasteiger partial charge in [0.2, 0.25) is 0 Å². The van der Waals surface area contributed by atoms with Gasteiger partial charge in [-0.05, 0) is 12.0 Å². The summed E-state index contributed by atoms with van der Waals surface area (Å²) >= 11 is 0. The Morgan fingerprint density at radius 3 is 3.06 bits per heavy atom. The molecule has 1 aliphatic rings. The molecule has 0 aliphatic carbocycles. The molecule has 4 nitrogen and oxygen atoms in total. The minimum Gasteiger partial charge on any atom is -0.311 e. The van der Waals surface area contributed by atoms with E-state index in [1.54, 1.807) is 0 Å². The lowest BCUT2D eigenvalue weighted by atomic mass is 9.97. The number of rotatable bonds is 5. The number of hydrogen-bond donors (Lipinski definition) is 1. The summed E-state index contributed by atoms with van der Waals surface area (Å²) in [5.41, 5.74) is 1.33. The Morgan fingerprint density at radius 1 is 1.56 bits per heavy atom. The van der Waals surface area contributed by atoms with E-state index in [0.717, 1.165) is 25.4 Å². The normalized spacial score (nSPS) is 23.2. The van der Waals surface area contributed by atoms with E-state index >= 15 is 0 Å². The molecule has 0 radical (unpaired) electrons. The van der Waals surface area contributed by atoms with Crippen molar-refractivity contribution in [3.8, 4) is 0 Å². The second-order valence-corrected chi connectivity index (χ2v) is 5.44. The lowest BCUT2D eigenvalue weighted by Gasteiger charge is -2.36.